The van der Waals surface area contributed by atoms with Gasteiger partial charge in [-0.1, -0.05) is 35.5 Å². The van der Waals surface area contributed by atoms with Crippen molar-refractivity contribution < 1.29 is 8.42 Å². The summed E-state index contributed by atoms with van der Waals surface area (Å²) in [7, 11) is -3.73. The molecule has 0 amide bonds. The minimum Gasteiger partial charge on any atom is -0.225 e. The van der Waals surface area contributed by atoms with E-state index in [2.05, 4.69) is 10.0 Å². The van der Waals surface area contributed by atoms with Crippen LogP contribution in [0, 0.1) is 0 Å². The molecule has 84 valence electrons. The number of sulfonamides is 1. The summed E-state index contributed by atoms with van der Waals surface area (Å²) < 4.78 is 22.4. The second kappa shape index (κ2) is 5.32. The van der Waals surface area contributed by atoms with Gasteiger partial charge in [0.05, 0.1) is 4.90 Å². The minimum atomic E-state index is -3.73. The molecule has 0 saturated carbocycles. The highest BCUT2D eigenvalue weighted by Crippen LogP contribution is 2.14. The van der Waals surface area contributed by atoms with E-state index in [1.54, 1.807) is 30.4 Å². The van der Waals surface area contributed by atoms with E-state index in [1.807, 2.05) is 0 Å². The van der Waals surface area contributed by atoms with Crippen molar-refractivity contribution in [3.8, 4) is 0 Å². The van der Waals surface area contributed by atoms with E-state index >= 15 is 0 Å². The van der Waals surface area contributed by atoms with Gasteiger partial charge >= 0.3 is 0 Å². The highest BCUT2D eigenvalue weighted by Gasteiger charge is 2.10. The molecule has 0 fully saturated rings. The summed E-state index contributed by atoms with van der Waals surface area (Å²) in [5.41, 5.74) is 8.53. The summed E-state index contributed by atoms with van der Waals surface area (Å²) in [6, 6.07) is 6.32. The van der Waals surface area contributed by atoms with E-state index in [4.69, 9.17) is 10.7 Å². The second-order valence-electron chi connectivity index (χ2n) is 2.90. The lowest BCUT2D eigenvalue weighted by Gasteiger charge is -2.02. The molecule has 1 aromatic rings. The molecule has 0 radical (unpaired) electrons. The Morgan fingerprint density at radius 1 is 1.44 bits per heavy atom. The quantitative estimate of drug-likeness (QED) is 0.489. The van der Waals surface area contributed by atoms with Crippen LogP contribution < -0.4 is 5.14 Å². The molecule has 0 aliphatic rings. The normalized spacial score (nSPS) is 11.3. The molecule has 2 N–H and O–H groups in total. The van der Waals surface area contributed by atoms with Crippen LogP contribution in [0.25, 0.3) is 16.5 Å². The highest BCUT2D eigenvalue weighted by molar-refractivity contribution is 7.89. The Bertz CT molecular complexity index is 544. The first-order valence-corrected chi connectivity index (χ1v) is 5.89. The standard InChI is InChI=1S/C9H10N4O2S/c10-13-12-7-3-5-8-4-1-2-6-9(8)16(11,14)15/h1-6H,7H2,(H2,11,14,15). The van der Waals surface area contributed by atoms with Crippen molar-refractivity contribution in [3.05, 3.63) is 46.3 Å². The van der Waals surface area contributed by atoms with E-state index in [1.165, 1.54) is 6.07 Å². The van der Waals surface area contributed by atoms with Gasteiger partial charge in [0.25, 0.3) is 0 Å². The minimum absolute atomic E-state index is 0.0483. The zero-order valence-corrected chi connectivity index (χ0v) is 9.13. The SMILES string of the molecule is [N-]=[N+]=NCC=Cc1ccccc1S(N)(=O)=O. The lowest BCUT2D eigenvalue weighted by atomic mass is 10.2. The van der Waals surface area contributed by atoms with E-state index < -0.39 is 10.0 Å². The van der Waals surface area contributed by atoms with Crippen molar-refractivity contribution in [1.82, 2.24) is 0 Å². The van der Waals surface area contributed by atoms with Crippen LogP contribution in [-0.4, -0.2) is 15.0 Å². The van der Waals surface area contributed by atoms with Gasteiger partial charge in [-0.05, 0) is 17.2 Å². The van der Waals surface area contributed by atoms with Gasteiger partial charge in [-0.3, -0.25) is 0 Å². The van der Waals surface area contributed by atoms with Crippen LogP contribution in [0.3, 0.4) is 0 Å². The Hall–Kier alpha value is -1.82. The average molecular weight is 238 g/mol. The molecule has 0 heterocycles. The molecule has 1 rings (SSSR count). The van der Waals surface area contributed by atoms with Crippen molar-refractivity contribution in [1.29, 1.82) is 0 Å². The smallest absolute Gasteiger partial charge is 0.225 e. The third-order valence-corrected chi connectivity index (χ3v) is 2.76. The van der Waals surface area contributed by atoms with Crippen molar-refractivity contribution in [2.45, 2.75) is 4.90 Å². The lowest BCUT2D eigenvalue weighted by Crippen LogP contribution is -2.13. The summed E-state index contributed by atoms with van der Waals surface area (Å²) in [5, 5.41) is 8.34. The van der Waals surface area contributed by atoms with Crippen LogP contribution in [0.2, 0.25) is 0 Å². The molecule has 1 aromatic carbocycles. The van der Waals surface area contributed by atoms with Gasteiger partial charge < -0.3 is 0 Å². The van der Waals surface area contributed by atoms with Crippen molar-refractivity contribution >= 4 is 16.1 Å². The fourth-order valence-corrected chi connectivity index (χ4v) is 1.87. The molecule has 0 aliphatic carbocycles. The van der Waals surface area contributed by atoms with Gasteiger partial charge in [0.1, 0.15) is 0 Å². The number of azide groups is 1. The van der Waals surface area contributed by atoms with Crippen molar-refractivity contribution in [2.24, 2.45) is 10.3 Å². The largest absolute Gasteiger partial charge is 0.238 e. The second-order valence-corrected chi connectivity index (χ2v) is 4.43. The van der Waals surface area contributed by atoms with E-state index in [-0.39, 0.29) is 11.4 Å². The van der Waals surface area contributed by atoms with Gasteiger partial charge in [0.2, 0.25) is 10.0 Å². The molecular weight excluding hydrogens is 228 g/mol. The van der Waals surface area contributed by atoms with Gasteiger partial charge in [-0.15, -0.1) is 0 Å². The Kier molecular flexibility index (Phi) is 4.07. The summed E-state index contributed by atoms with van der Waals surface area (Å²) in [4.78, 5) is 2.62. The number of hydrogen-bond acceptors (Lipinski definition) is 3. The average Bonchev–Trinajstić information content (AvgIpc) is 2.24. The number of benzene rings is 1. The fraction of sp³-hybridized carbons (Fsp3) is 0.111. The number of rotatable bonds is 4. The topological polar surface area (TPSA) is 109 Å². The van der Waals surface area contributed by atoms with E-state index in [0.717, 1.165) is 0 Å². The maximum Gasteiger partial charge on any atom is 0.238 e. The van der Waals surface area contributed by atoms with Crippen LogP contribution in [0.5, 0.6) is 0 Å². The first-order valence-electron chi connectivity index (χ1n) is 4.35. The molecular formula is C9H10N4O2S. The van der Waals surface area contributed by atoms with Gasteiger partial charge in [0.15, 0.2) is 0 Å². The number of hydrogen-bond donors (Lipinski definition) is 1. The first kappa shape index (κ1) is 12.3. The van der Waals surface area contributed by atoms with Crippen LogP contribution in [-0.2, 0) is 10.0 Å². The summed E-state index contributed by atoms with van der Waals surface area (Å²) in [6.45, 7) is 0.162. The summed E-state index contributed by atoms with van der Waals surface area (Å²) in [5.74, 6) is 0. The van der Waals surface area contributed by atoms with Gasteiger partial charge in [0, 0.05) is 11.5 Å². The van der Waals surface area contributed by atoms with Crippen LogP contribution >= 0.6 is 0 Å². The van der Waals surface area contributed by atoms with E-state index in [9.17, 15) is 8.42 Å². The Morgan fingerprint density at radius 3 is 2.75 bits per heavy atom. The molecule has 0 aromatic heterocycles. The maximum atomic E-state index is 11.2. The van der Waals surface area contributed by atoms with Crippen LogP contribution in [0.1, 0.15) is 5.56 Å². The molecule has 0 unspecified atom stereocenters. The first-order chi connectivity index (χ1) is 7.55. The number of nitrogens with two attached hydrogens (primary N) is 1. The van der Waals surface area contributed by atoms with Crippen molar-refractivity contribution in [2.75, 3.05) is 6.54 Å². The van der Waals surface area contributed by atoms with E-state index in [0.29, 0.717) is 5.56 Å². The summed E-state index contributed by atoms with van der Waals surface area (Å²) in [6.07, 6.45) is 3.11. The fourth-order valence-electron chi connectivity index (χ4n) is 1.14. The molecule has 0 atom stereocenters. The lowest BCUT2D eigenvalue weighted by molar-refractivity contribution is 0.597. The third-order valence-electron chi connectivity index (χ3n) is 1.77. The molecule has 0 saturated heterocycles. The van der Waals surface area contributed by atoms with Gasteiger partial charge in [-0.2, -0.15) is 0 Å². The number of primary sulfonamides is 1. The Morgan fingerprint density at radius 2 is 2.12 bits per heavy atom. The summed E-state index contributed by atoms with van der Waals surface area (Å²) >= 11 is 0. The highest BCUT2D eigenvalue weighted by atomic mass is 32.2. The predicted octanol–water partition coefficient (Wildman–Crippen LogP) is 1.66. The number of nitrogens with zero attached hydrogens (tertiary/aromatic N) is 3. The molecule has 6 nitrogen and oxygen atoms in total. The molecule has 16 heavy (non-hydrogen) atoms. The van der Waals surface area contributed by atoms with Crippen molar-refractivity contribution in [3.63, 3.8) is 0 Å². The van der Waals surface area contributed by atoms with Gasteiger partial charge in [-0.25, -0.2) is 13.6 Å². The van der Waals surface area contributed by atoms with Crippen LogP contribution in [0.4, 0.5) is 0 Å². The maximum absolute atomic E-state index is 11.2. The Labute approximate surface area is 93.1 Å². The zero-order valence-electron chi connectivity index (χ0n) is 8.31. The Balaban J connectivity index is 3.05. The predicted molar refractivity (Wildman–Crippen MR) is 60.9 cm³/mol. The molecule has 7 heteroatoms. The molecule has 0 spiro atoms. The molecule has 0 bridgehead atoms. The third kappa shape index (κ3) is 3.39. The zero-order chi connectivity index (χ0) is 12.0. The van der Waals surface area contributed by atoms with Crippen LogP contribution in [0.15, 0.2) is 40.4 Å². The monoisotopic (exact) mass is 238 g/mol. The molecule has 0 aliphatic heterocycles.